The van der Waals surface area contributed by atoms with Gasteiger partial charge in [-0.2, -0.15) is 0 Å². The smallest absolute Gasteiger partial charge is 0.0586 e. The minimum atomic E-state index is 0.493. The largest absolute Gasteiger partial charge is 0.381 e. The highest BCUT2D eigenvalue weighted by molar-refractivity contribution is 4.81. The first-order valence-corrected chi connectivity index (χ1v) is 6.73. The molecule has 0 radical (unpaired) electrons. The van der Waals surface area contributed by atoms with Crippen molar-refractivity contribution in [2.24, 2.45) is 0 Å². The Morgan fingerprint density at radius 2 is 2.12 bits per heavy atom. The number of likely N-dealkylation sites (N-methyl/N-ethyl adjacent to an activating group) is 1. The second kappa shape index (κ2) is 8.04. The van der Waals surface area contributed by atoms with Crippen LogP contribution in [0.4, 0.5) is 0 Å². The SMILES string of the molecule is CCCN(CCNC)C1CCCC(OC)C1. The summed E-state index contributed by atoms with van der Waals surface area (Å²) in [6.45, 7) is 5.76. The van der Waals surface area contributed by atoms with Gasteiger partial charge in [-0.1, -0.05) is 6.92 Å². The Hall–Kier alpha value is -0.120. The van der Waals surface area contributed by atoms with Crippen LogP contribution in [0.15, 0.2) is 0 Å². The number of hydrogen-bond donors (Lipinski definition) is 1. The standard InChI is InChI=1S/C13H28N2O/c1-4-9-15(10-8-14-2)12-6-5-7-13(11-12)16-3/h12-14H,4-11H2,1-3H3. The van der Waals surface area contributed by atoms with Crippen molar-refractivity contribution in [3.63, 3.8) is 0 Å². The second-order valence-electron chi connectivity index (χ2n) is 4.82. The van der Waals surface area contributed by atoms with Crippen LogP contribution in [-0.2, 0) is 4.74 Å². The average molecular weight is 228 g/mol. The summed E-state index contributed by atoms with van der Waals surface area (Å²) in [4.78, 5) is 2.64. The summed E-state index contributed by atoms with van der Waals surface area (Å²) >= 11 is 0. The Morgan fingerprint density at radius 3 is 2.75 bits per heavy atom. The Labute approximate surface area is 101 Å². The Morgan fingerprint density at radius 1 is 1.31 bits per heavy atom. The van der Waals surface area contributed by atoms with Crippen molar-refractivity contribution >= 4 is 0 Å². The minimum absolute atomic E-state index is 0.493. The molecule has 2 atom stereocenters. The van der Waals surface area contributed by atoms with Gasteiger partial charge in [-0.05, 0) is 45.7 Å². The van der Waals surface area contributed by atoms with Crippen molar-refractivity contribution in [2.75, 3.05) is 33.8 Å². The van der Waals surface area contributed by atoms with Gasteiger partial charge in [-0.25, -0.2) is 0 Å². The van der Waals surface area contributed by atoms with E-state index in [1.165, 1.54) is 45.2 Å². The summed E-state index contributed by atoms with van der Waals surface area (Å²) in [6.07, 6.45) is 6.89. The lowest BCUT2D eigenvalue weighted by Gasteiger charge is -2.37. The maximum atomic E-state index is 5.51. The van der Waals surface area contributed by atoms with Crippen LogP contribution in [0.5, 0.6) is 0 Å². The van der Waals surface area contributed by atoms with Crippen molar-refractivity contribution in [3.8, 4) is 0 Å². The van der Waals surface area contributed by atoms with Gasteiger partial charge in [0.05, 0.1) is 6.10 Å². The number of nitrogens with zero attached hydrogens (tertiary/aromatic N) is 1. The predicted octanol–water partition coefficient (Wildman–Crippen LogP) is 1.88. The summed E-state index contributed by atoms with van der Waals surface area (Å²) in [5.41, 5.74) is 0. The molecule has 1 N–H and O–H groups in total. The molecule has 0 amide bonds. The van der Waals surface area contributed by atoms with Gasteiger partial charge in [0.2, 0.25) is 0 Å². The Bertz CT molecular complexity index is 173. The van der Waals surface area contributed by atoms with E-state index in [9.17, 15) is 0 Å². The number of methoxy groups -OCH3 is 1. The molecule has 1 aliphatic rings. The maximum Gasteiger partial charge on any atom is 0.0586 e. The van der Waals surface area contributed by atoms with Gasteiger partial charge in [0.1, 0.15) is 0 Å². The number of nitrogens with one attached hydrogen (secondary N) is 1. The molecule has 0 aromatic heterocycles. The van der Waals surface area contributed by atoms with Crippen molar-refractivity contribution < 1.29 is 4.74 Å². The molecular weight excluding hydrogens is 200 g/mol. The van der Waals surface area contributed by atoms with Crippen molar-refractivity contribution in [3.05, 3.63) is 0 Å². The molecule has 1 saturated carbocycles. The molecular formula is C13H28N2O. The molecule has 3 nitrogen and oxygen atoms in total. The second-order valence-corrected chi connectivity index (χ2v) is 4.82. The summed E-state index contributed by atoms with van der Waals surface area (Å²) in [7, 11) is 3.88. The van der Waals surface area contributed by atoms with Crippen LogP contribution in [0, 0.1) is 0 Å². The highest BCUT2D eigenvalue weighted by Gasteiger charge is 2.25. The van der Waals surface area contributed by atoms with E-state index in [1.54, 1.807) is 0 Å². The molecule has 0 spiro atoms. The van der Waals surface area contributed by atoms with Gasteiger partial charge in [-0.15, -0.1) is 0 Å². The highest BCUT2D eigenvalue weighted by atomic mass is 16.5. The van der Waals surface area contributed by atoms with E-state index in [2.05, 4.69) is 17.1 Å². The summed E-state index contributed by atoms with van der Waals surface area (Å²) in [5, 5.41) is 3.25. The lowest BCUT2D eigenvalue weighted by Crippen LogP contribution is -2.43. The van der Waals surface area contributed by atoms with Gasteiger partial charge in [0.25, 0.3) is 0 Å². The van der Waals surface area contributed by atoms with Crippen LogP contribution in [0.2, 0.25) is 0 Å². The van der Waals surface area contributed by atoms with E-state index in [0.717, 1.165) is 12.6 Å². The van der Waals surface area contributed by atoms with Crippen molar-refractivity contribution in [1.29, 1.82) is 0 Å². The highest BCUT2D eigenvalue weighted by Crippen LogP contribution is 2.24. The quantitative estimate of drug-likeness (QED) is 0.720. The van der Waals surface area contributed by atoms with E-state index in [4.69, 9.17) is 4.74 Å². The van der Waals surface area contributed by atoms with Crippen LogP contribution in [-0.4, -0.2) is 50.8 Å². The molecule has 0 aliphatic heterocycles. The zero-order chi connectivity index (χ0) is 11.8. The van der Waals surface area contributed by atoms with E-state index >= 15 is 0 Å². The summed E-state index contributed by atoms with van der Waals surface area (Å²) in [6, 6.07) is 0.743. The monoisotopic (exact) mass is 228 g/mol. The van der Waals surface area contributed by atoms with Crippen molar-refractivity contribution in [1.82, 2.24) is 10.2 Å². The molecule has 0 heterocycles. The first-order chi connectivity index (χ1) is 7.81. The maximum absolute atomic E-state index is 5.51. The zero-order valence-electron chi connectivity index (χ0n) is 11.2. The molecule has 0 aromatic rings. The van der Waals surface area contributed by atoms with Gasteiger partial charge >= 0.3 is 0 Å². The number of rotatable bonds is 7. The van der Waals surface area contributed by atoms with E-state index in [0.29, 0.717) is 6.10 Å². The summed E-state index contributed by atoms with van der Waals surface area (Å²) < 4.78 is 5.51. The molecule has 1 fully saturated rings. The van der Waals surface area contributed by atoms with Crippen molar-refractivity contribution in [2.45, 2.75) is 51.2 Å². The molecule has 0 bridgehead atoms. The first-order valence-electron chi connectivity index (χ1n) is 6.73. The Kier molecular flexibility index (Phi) is 7.01. The predicted molar refractivity (Wildman–Crippen MR) is 68.8 cm³/mol. The number of hydrogen-bond acceptors (Lipinski definition) is 3. The fraction of sp³-hybridized carbons (Fsp3) is 1.00. The van der Waals surface area contributed by atoms with Crippen LogP contribution >= 0.6 is 0 Å². The van der Waals surface area contributed by atoms with E-state index in [1.807, 2.05) is 14.2 Å². The molecule has 1 aliphatic carbocycles. The van der Waals surface area contributed by atoms with Gasteiger partial charge < -0.3 is 10.1 Å². The normalized spacial score (nSPS) is 26.2. The minimum Gasteiger partial charge on any atom is -0.381 e. The average Bonchev–Trinajstić information content (AvgIpc) is 2.34. The fourth-order valence-electron chi connectivity index (χ4n) is 2.69. The van der Waals surface area contributed by atoms with Crippen LogP contribution < -0.4 is 5.32 Å². The Balaban J connectivity index is 2.41. The lowest BCUT2D eigenvalue weighted by molar-refractivity contribution is 0.0282. The third kappa shape index (κ3) is 4.40. The molecule has 16 heavy (non-hydrogen) atoms. The van der Waals surface area contributed by atoms with Gasteiger partial charge in [0.15, 0.2) is 0 Å². The molecule has 2 unspecified atom stereocenters. The van der Waals surface area contributed by atoms with E-state index < -0.39 is 0 Å². The molecule has 96 valence electrons. The molecule has 3 heteroatoms. The van der Waals surface area contributed by atoms with Crippen LogP contribution in [0.25, 0.3) is 0 Å². The van der Waals surface area contributed by atoms with Gasteiger partial charge in [-0.3, -0.25) is 4.90 Å². The first kappa shape index (κ1) is 13.9. The van der Waals surface area contributed by atoms with Gasteiger partial charge in [0, 0.05) is 26.2 Å². The van der Waals surface area contributed by atoms with Crippen LogP contribution in [0.3, 0.4) is 0 Å². The molecule has 0 saturated heterocycles. The molecule has 0 aromatic carbocycles. The third-order valence-corrected chi connectivity index (χ3v) is 3.61. The summed E-state index contributed by atoms with van der Waals surface area (Å²) in [5.74, 6) is 0. The molecule has 1 rings (SSSR count). The topological polar surface area (TPSA) is 24.5 Å². The zero-order valence-corrected chi connectivity index (χ0v) is 11.2. The fourth-order valence-corrected chi connectivity index (χ4v) is 2.69. The third-order valence-electron chi connectivity index (χ3n) is 3.61. The number of ether oxygens (including phenoxy) is 1. The lowest BCUT2D eigenvalue weighted by atomic mass is 9.91. The van der Waals surface area contributed by atoms with E-state index in [-0.39, 0.29) is 0 Å². The van der Waals surface area contributed by atoms with Crippen LogP contribution in [0.1, 0.15) is 39.0 Å².